The van der Waals surface area contributed by atoms with Crippen LogP contribution in [0.3, 0.4) is 0 Å². The van der Waals surface area contributed by atoms with Crippen LogP contribution in [-0.4, -0.2) is 28.9 Å². The van der Waals surface area contributed by atoms with Crippen LogP contribution in [-0.2, 0) is 6.54 Å². The van der Waals surface area contributed by atoms with Gasteiger partial charge in [-0.25, -0.2) is 4.79 Å². The van der Waals surface area contributed by atoms with E-state index in [9.17, 15) is 4.79 Å². The number of benzene rings is 1. The molecule has 2 amide bonds. The van der Waals surface area contributed by atoms with E-state index in [1.807, 2.05) is 40.0 Å². The molecular weight excluding hydrogens is 276 g/mol. The van der Waals surface area contributed by atoms with Crippen LogP contribution in [0.5, 0.6) is 0 Å². The van der Waals surface area contributed by atoms with Crippen molar-refractivity contribution in [1.29, 1.82) is 0 Å². The smallest absolute Gasteiger partial charge is 0.321 e. The third-order valence-corrected chi connectivity index (χ3v) is 4.12. The van der Waals surface area contributed by atoms with Crippen LogP contribution < -0.4 is 10.2 Å². The summed E-state index contributed by atoms with van der Waals surface area (Å²) in [4.78, 5) is 14.3. The quantitative estimate of drug-likeness (QED) is 0.943. The number of carbonyl (C=O) groups is 1. The molecule has 0 aliphatic carbocycles. The lowest BCUT2D eigenvalue weighted by atomic mass is 10.0. The second-order valence-corrected chi connectivity index (χ2v) is 6.09. The van der Waals surface area contributed by atoms with Crippen molar-refractivity contribution in [3.05, 3.63) is 48.3 Å². The average molecular weight is 298 g/mol. The number of rotatable bonds is 4. The van der Waals surface area contributed by atoms with E-state index >= 15 is 0 Å². The number of aromatic nitrogens is 2. The Kier molecular flexibility index (Phi) is 4.13. The Labute approximate surface area is 130 Å². The first-order valence-electron chi connectivity index (χ1n) is 7.77. The number of para-hydroxylation sites is 1. The second kappa shape index (κ2) is 6.22. The van der Waals surface area contributed by atoms with Gasteiger partial charge in [0.05, 0.1) is 0 Å². The first-order valence-corrected chi connectivity index (χ1v) is 7.77. The molecule has 1 aliphatic rings. The molecule has 1 aliphatic heterocycles. The summed E-state index contributed by atoms with van der Waals surface area (Å²) in [5, 5.41) is 7.24. The van der Waals surface area contributed by atoms with Gasteiger partial charge in [0.1, 0.15) is 0 Å². The number of urea groups is 1. The van der Waals surface area contributed by atoms with Crippen molar-refractivity contribution in [2.24, 2.45) is 5.92 Å². The lowest BCUT2D eigenvalue weighted by Gasteiger charge is -2.20. The molecule has 0 radical (unpaired) electrons. The van der Waals surface area contributed by atoms with Crippen molar-refractivity contribution in [3.8, 4) is 0 Å². The van der Waals surface area contributed by atoms with Crippen molar-refractivity contribution in [2.75, 3.05) is 18.0 Å². The van der Waals surface area contributed by atoms with Crippen LogP contribution in [0.1, 0.15) is 25.3 Å². The zero-order valence-corrected chi connectivity index (χ0v) is 13.1. The van der Waals surface area contributed by atoms with Crippen molar-refractivity contribution in [2.45, 2.75) is 26.3 Å². The number of nitrogens with one attached hydrogen (secondary N) is 1. The number of nitrogens with zero attached hydrogens (tertiary/aromatic N) is 3. The number of hydrogen-bond acceptors (Lipinski definition) is 2. The van der Waals surface area contributed by atoms with Crippen LogP contribution in [0.4, 0.5) is 10.5 Å². The first kappa shape index (κ1) is 14.6. The minimum atomic E-state index is -0.0101. The van der Waals surface area contributed by atoms with E-state index in [1.165, 1.54) is 5.56 Å². The Morgan fingerprint density at radius 3 is 3.00 bits per heavy atom. The summed E-state index contributed by atoms with van der Waals surface area (Å²) < 4.78 is 1.89. The molecule has 5 nitrogen and oxygen atoms in total. The van der Waals surface area contributed by atoms with Gasteiger partial charge in [-0.05, 0) is 23.6 Å². The van der Waals surface area contributed by atoms with E-state index in [2.05, 4.69) is 30.3 Å². The van der Waals surface area contributed by atoms with Crippen LogP contribution in [0.2, 0.25) is 0 Å². The highest BCUT2D eigenvalue weighted by atomic mass is 16.2. The van der Waals surface area contributed by atoms with Gasteiger partial charge in [-0.3, -0.25) is 9.58 Å². The largest absolute Gasteiger partial charge is 0.337 e. The van der Waals surface area contributed by atoms with Crippen LogP contribution in [0.15, 0.2) is 42.7 Å². The lowest BCUT2D eigenvalue weighted by molar-refractivity contribution is 0.244. The molecule has 1 N–H and O–H groups in total. The lowest BCUT2D eigenvalue weighted by Crippen LogP contribution is -2.41. The molecule has 2 unspecified atom stereocenters. The van der Waals surface area contributed by atoms with Crippen molar-refractivity contribution >= 4 is 11.7 Å². The van der Waals surface area contributed by atoms with Crippen LogP contribution >= 0.6 is 0 Å². The predicted octanol–water partition coefficient (Wildman–Crippen LogP) is 2.85. The Hall–Kier alpha value is -2.30. The van der Waals surface area contributed by atoms with Gasteiger partial charge in [-0.1, -0.05) is 32.0 Å². The fraction of sp³-hybridized carbons (Fsp3) is 0.412. The average Bonchev–Trinajstić information content (AvgIpc) is 3.14. The zero-order chi connectivity index (χ0) is 15.5. The highest BCUT2D eigenvalue weighted by Crippen LogP contribution is 2.35. The Bertz CT molecular complexity index is 638. The van der Waals surface area contributed by atoms with Crippen molar-refractivity contribution in [1.82, 2.24) is 15.1 Å². The topological polar surface area (TPSA) is 50.2 Å². The van der Waals surface area contributed by atoms with E-state index in [-0.39, 0.29) is 6.03 Å². The van der Waals surface area contributed by atoms with Crippen molar-refractivity contribution < 1.29 is 4.79 Å². The van der Waals surface area contributed by atoms with E-state index in [4.69, 9.17) is 0 Å². The van der Waals surface area contributed by atoms with Gasteiger partial charge in [-0.15, -0.1) is 0 Å². The Morgan fingerprint density at radius 1 is 1.41 bits per heavy atom. The van der Waals surface area contributed by atoms with Gasteiger partial charge in [-0.2, -0.15) is 5.10 Å². The van der Waals surface area contributed by atoms with E-state index in [0.29, 0.717) is 18.4 Å². The normalized spacial score (nSPS) is 18.1. The molecule has 22 heavy (non-hydrogen) atoms. The minimum Gasteiger partial charge on any atom is -0.337 e. The zero-order valence-electron chi connectivity index (χ0n) is 13.1. The number of amides is 2. The van der Waals surface area contributed by atoms with Gasteiger partial charge in [0.25, 0.3) is 0 Å². The molecule has 0 fully saturated rings. The maximum atomic E-state index is 12.5. The molecule has 2 atom stereocenters. The molecule has 116 valence electrons. The molecule has 2 heterocycles. The summed E-state index contributed by atoms with van der Waals surface area (Å²) in [7, 11) is 0. The third-order valence-electron chi connectivity index (χ3n) is 4.12. The highest BCUT2D eigenvalue weighted by molar-refractivity contribution is 5.94. The predicted molar refractivity (Wildman–Crippen MR) is 87.0 cm³/mol. The molecule has 0 saturated carbocycles. The number of fused-ring (bicyclic) bond motifs is 1. The summed E-state index contributed by atoms with van der Waals surface area (Å²) in [6.45, 7) is 6.47. The van der Waals surface area contributed by atoms with Crippen molar-refractivity contribution in [3.63, 3.8) is 0 Å². The maximum absolute atomic E-state index is 12.5. The van der Waals surface area contributed by atoms with Gasteiger partial charge >= 0.3 is 6.03 Å². The van der Waals surface area contributed by atoms with E-state index in [1.54, 1.807) is 6.20 Å². The highest BCUT2D eigenvalue weighted by Gasteiger charge is 2.29. The molecule has 0 bridgehead atoms. The number of hydrogen-bond donors (Lipinski definition) is 1. The molecule has 0 spiro atoms. The van der Waals surface area contributed by atoms with Crippen LogP contribution in [0.25, 0.3) is 0 Å². The molecule has 2 aromatic rings. The molecule has 1 aromatic heterocycles. The third kappa shape index (κ3) is 2.98. The number of anilines is 1. The fourth-order valence-electron chi connectivity index (χ4n) is 2.96. The standard InChI is InChI=1S/C17H22N4O/c1-13(11-20-9-5-8-19-20)10-18-17(22)21-12-14(2)15-6-3-4-7-16(15)21/h3-9,13-14H,10-12H2,1-2H3,(H,18,22). The molecule has 0 saturated heterocycles. The summed E-state index contributed by atoms with van der Waals surface area (Å²) >= 11 is 0. The SMILES string of the molecule is CC(CNC(=O)N1CC(C)c2ccccc21)Cn1cccn1. The molecule has 3 rings (SSSR count). The van der Waals surface area contributed by atoms with E-state index < -0.39 is 0 Å². The Balaban J connectivity index is 1.57. The van der Waals surface area contributed by atoms with Gasteiger partial charge in [0, 0.05) is 43.6 Å². The fourth-order valence-corrected chi connectivity index (χ4v) is 2.96. The summed E-state index contributed by atoms with van der Waals surface area (Å²) in [5.41, 5.74) is 2.29. The maximum Gasteiger partial charge on any atom is 0.321 e. The van der Waals surface area contributed by atoms with E-state index in [0.717, 1.165) is 18.8 Å². The van der Waals surface area contributed by atoms with Gasteiger partial charge < -0.3 is 5.32 Å². The van der Waals surface area contributed by atoms with Gasteiger partial charge in [0.15, 0.2) is 0 Å². The van der Waals surface area contributed by atoms with Gasteiger partial charge in [0.2, 0.25) is 0 Å². The molecule has 5 heteroatoms. The molecule has 1 aromatic carbocycles. The summed E-state index contributed by atoms with van der Waals surface area (Å²) in [6, 6.07) is 10.0. The monoisotopic (exact) mass is 298 g/mol. The summed E-state index contributed by atoms with van der Waals surface area (Å²) in [6.07, 6.45) is 3.71. The summed E-state index contributed by atoms with van der Waals surface area (Å²) in [5.74, 6) is 0.725. The molecular formula is C17H22N4O. The first-order chi connectivity index (χ1) is 10.6. The second-order valence-electron chi connectivity index (χ2n) is 6.09. The van der Waals surface area contributed by atoms with Crippen LogP contribution in [0, 0.1) is 5.92 Å². The Morgan fingerprint density at radius 2 is 2.23 bits per heavy atom. The minimum absolute atomic E-state index is 0.0101. The number of carbonyl (C=O) groups excluding carboxylic acids is 1.